The van der Waals surface area contributed by atoms with Crippen molar-refractivity contribution in [1.29, 1.82) is 0 Å². The van der Waals surface area contributed by atoms with Gasteiger partial charge in [-0.15, -0.1) is 0 Å². The molecule has 1 aliphatic rings. The van der Waals surface area contributed by atoms with Gasteiger partial charge in [-0.2, -0.15) is 0 Å². The Balaban J connectivity index is 1.97. The van der Waals surface area contributed by atoms with E-state index >= 15 is 0 Å². The van der Waals surface area contributed by atoms with E-state index in [1.807, 2.05) is 37.3 Å². The fourth-order valence-corrected chi connectivity index (χ4v) is 2.61. The van der Waals surface area contributed by atoms with Gasteiger partial charge in [-0.1, -0.05) is 0 Å². The summed E-state index contributed by atoms with van der Waals surface area (Å²) in [5.41, 5.74) is 9.87. The average molecular weight is 267 g/mol. The standard InChI is InChI=1S/C17H17NO2/c1-11-7-14(10-15(18)8-11)17(19)13-4-5-16-12(9-13)3-2-6-20-16/h4-5,7-10H,2-3,6,18H2,1H3. The van der Waals surface area contributed by atoms with Gasteiger partial charge in [0.25, 0.3) is 0 Å². The first kappa shape index (κ1) is 12.7. The highest BCUT2D eigenvalue weighted by atomic mass is 16.5. The maximum absolute atomic E-state index is 12.5. The molecule has 0 spiro atoms. The smallest absolute Gasteiger partial charge is 0.193 e. The molecule has 102 valence electrons. The molecule has 2 aromatic rings. The van der Waals surface area contributed by atoms with Gasteiger partial charge in [-0.05, 0) is 67.3 Å². The second-order valence-corrected chi connectivity index (χ2v) is 5.24. The summed E-state index contributed by atoms with van der Waals surface area (Å²) in [5.74, 6) is 0.908. The van der Waals surface area contributed by atoms with Crippen LogP contribution in [-0.4, -0.2) is 12.4 Å². The highest BCUT2D eigenvalue weighted by Crippen LogP contribution is 2.26. The van der Waals surface area contributed by atoms with Crippen molar-refractivity contribution in [2.75, 3.05) is 12.3 Å². The molecule has 0 fully saturated rings. The van der Waals surface area contributed by atoms with Gasteiger partial charge in [-0.25, -0.2) is 0 Å². The van der Waals surface area contributed by atoms with Crippen LogP contribution in [0.5, 0.6) is 5.75 Å². The van der Waals surface area contributed by atoms with Crippen molar-refractivity contribution < 1.29 is 9.53 Å². The lowest BCUT2D eigenvalue weighted by Gasteiger charge is -2.17. The van der Waals surface area contributed by atoms with Crippen LogP contribution >= 0.6 is 0 Å². The second-order valence-electron chi connectivity index (χ2n) is 5.24. The summed E-state index contributed by atoms with van der Waals surface area (Å²) < 4.78 is 5.57. The zero-order chi connectivity index (χ0) is 14.1. The Bertz CT molecular complexity index is 656. The third-order valence-corrected chi connectivity index (χ3v) is 3.53. The number of rotatable bonds is 2. The molecule has 1 aliphatic heterocycles. The predicted molar refractivity (Wildman–Crippen MR) is 79.3 cm³/mol. The molecule has 3 heteroatoms. The summed E-state index contributed by atoms with van der Waals surface area (Å²) in [6.45, 7) is 2.70. The topological polar surface area (TPSA) is 52.3 Å². The number of carbonyl (C=O) groups excluding carboxylic acids is 1. The van der Waals surface area contributed by atoms with Crippen molar-refractivity contribution in [2.45, 2.75) is 19.8 Å². The number of aryl methyl sites for hydroxylation is 2. The molecular weight excluding hydrogens is 250 g/mol. The van der Waals surface area contributed by atoms with E-state index in [1.54, 1.807) is 6.07 Å². The van der Waals surface area contributed by atoms with Gasteiger partial charge >= 0.3 is 0 Å². The summed E-state index contributed by atoms with van der Waals surface area (Å²) in [4.78, 5) is 12.5. The van der Waals surface area contributed by atoms with E-state index in [-0.39, 0.29) is 5.78 Å². The molecular formula is C17H17NO2. The van der Waals surface area contributed by atoms with Crippen molar-refractivity contribution in [3.05, 3.63) is 58.7 Å². The third kappa shape index (κ3) is 2.39. The second kappa shape index (κ2) is 5.00. The quantitative estimate of drug-likeness (QED) is 0.672. The molecule has 0 unspecified atom stereocenters. The van der Waals surface area contributed by atoms with E-state index in [1.165, 1.54) is 0 Å². The van der Waals surface area contributed by atoms with Crippen molar-refractivity contribution in [2.24, 2.45) is 0 Å². The van der Waals surface area contributed by atoms with Crippen molar-refractivity contribution in [3.63, 3.8) is 0 Å². The molecule has 3 rings (SSSR count). The minimum atomic E-state index is 0.00812. The van der Waals surface area contributed by atoms with E-state index in [2.05, 4.69) is 0 Å². The molecule has 3 nitrogen and oxygen atoms in total. The van der Waals surface area contributed by atoms with Crippen LogP contribution < -0.4 is 10.5 Å². The highest BCUT2D eigenvalue weighted by Gasteiger charge is 2.15. The van der Waals surface area contributed by atoms with Crippen LogP contribution in [0.4, 0.5) is 5.69 Å². The van der Waals surface area contributed by atoms with Crippen LogP contribution in [0.2, 0.25) is 0 Å². The first-order valence-electron chi connectivity index (χ1n) is 6.81. The largest absolute Gasteiger partial charge is 0.493 e. The number of carbonyl (C=O) groups is 1. The predicted octanol–water partition coefficient (Wildman–Crippen LogP) is 3.13. The van der Waals surface area contributed by atoms with E-state index < -0.39 is 0 Å². The van der Waals surface area contributed by atoms with E-state index in [4.69, 9.17) is 10.5 Å². The lowest BCUT2D eigenvalue weighted by atomic mass is 9.97. The maximum Gasteiger partial charge on any atom is 0.193 e. The Hall–Kier alpha value is -2.29. The zero-order valence-electron chi connectivity index (χ0n) is 11.5. The zero-order valence-corrected chi connectivity index (χ0v) is 11.5. The SMILES string of the molecule is Cc1cc(N)cc(C(=O)c2ccc3c(c2)CCCO3)c1. The molecule has 0 saturated carbocycles. The number of ether oxygens (including phenoxy) is 1. The van der Waals surface area contributed by atoms with Crippen LogP contribution in [0.15, 0.2) is 36.4 Å². The van der Waals surface area contributed by atoms with Crippen LogP contribution in [-0.2, 0) is 6.42 Å². The number of nitrogen functional groups attached to an aromatic ring is 1. The van der Waals surface area contributed by atoms with Gasteiger partial charge < -0.3 is 10.5 Å². The summed E-state index contributed by atoms with van der Waals surface area (Å²) in [6.07, 6.45) is 1.97. The van der Waals surface area contributed by atoms with E-state index in [9.17, 15) is 4.79 Å². The van der Waals surface area contributed by atoms with Gasteiger partial charge in [0.05, 0.1) is 6.61 Å². The molecule has 1 heterocycles. The number of anilines is 1. The Kier molecular flexibility index (Phi) is 3.18. The number of fused-ring (bicyclic) bond motifs is 1. The highest BCUT2D eigenvalue weighted by molar-refractivity contribution is 6.09. The van der Waals surface area contributed by atoms with Crippen molar-refractivity contribution in [3.8, 4) is 5.75 Å². The Morgan fingerprint density at radius 1 is 1.15 bits per heavy atom. The molecule has 0 aliphatic carbocycles. The average Bonchev–Trinajstić information content (AvgIpc) is 2.45. The molecule has 2 aromatic carbocycles. The summed E-state index contributed by atoms with van der Waals surface area (Å²) >= 11 is 0. The molecule has 0 aromatic heterocycles. The first-order valence-corrected chi connectivity index (χ1v) is 6.81. The monoisotopic (exact) mass is 267 g/mol. The van der Waals surface area contributed by atoms with Crippen molar-refractivity contribution in [1.82, 2.24) is 0 Å². The van der Waals surface area contributed by atoms with Gasteiger partial charge in [-0.3, -0.25) is 4.79 Å². The minimum Gasteiger partial charge on any atom is -0.493 e. The Morgan fingerprint density at radius 3 is 2.80 bits per heavy atom. The summed E-state index contributed by atoms with van der Waals surface area (Å²) in [5, 5.41) is 0. The Labute approximate surface area is 118 Å². The number of ketones is 1. The molecule has 0 atom stereocenters. The normalized spacial score (nSPS) is 13.4. The van der Waals surface area contributed by atoms with Crippen molar-refractivity contribution >= 4 is 11.5 Å². The van der Waals surface area contributed by atoms with Crippen LogP contribution in [0.1, 0.15) is 33.5 Å². The van der Waals surface area contributed by atoms with Crippen LogP contribution in [0, 0.1) is 6.92 Å². The van der Waals surface area contributed by atoms with E-state index in [0.29, 0.717) is 16.8 Å². The summed E-state index contributed by atoms with van der Waals surface area (Å²) in [6, 6.07) is 11.1. The molecule has 0 radical (unpaired) electrons. The van der Waals surface area contributed by atoms with E-state index in [0.717, 1.165) is 36.3 Å². The number of benzene rings is 2. The minimum absolute atomic E-state index is 0.00812. The van der Waals surface area contributed by atoms with Gasteiger partial charge in [0.1, 0.15) is 5.75 Å². The molecule has 20 heavy (non-hydrogen) atoms. The first-order chi connectivity index (χ1) is 9.63. The number of hydrogen-bond donors (Lipinski definition) is 1. The fourth-order valence-electron chi connectivity index (χ4n) is 2.61. The lowest BCUT2D eigenvalue weighted by molar-refractivity contribution is 0.103. The maximum atomic E-state index is 12.5. The van der Waals surface area contributed by atoms with Gasteiger partial charge in [0, 0.05) is 16.8 Å². The summed E-state index contributed by atoms with van der Waals surface area (Å²) in [7, 11) is 0. The third-order valence-electron chi connectivity index (χ3n) is 3.53. The molecule has 2 N–H and O–H groups in total. The van der Waals surface area contributed by atoms with Gasteiger partial charge in [0.2, 0.25) is 0 Å². The number of nitrogens with two attached hydrogens (primary N) is 1. The van der Waals surface area contributed by atoms with Crippen LogP contribution in [0.25, 0.3) is 0 Å². The lowest BCUT2D eigenvalue weighted by Crippen LogP contribution is -2.10. The molecule has 0 bridgehead atoms. The Morgan fingerprint density at radius 2 is 2.00 bits per heavy atom. The fraction of sp³-hybridized carbons (Fsp3) is 0.235. The molecule has 0 saturated heterocycles. The van der Waals surface area contributed by atoms with Crippen LogP contribution in [0.3, 0.4) is 0 Å². The van der Waals surface area contributed by atoms with Gasteiger partial charge in [0.15, 0.2) is 5.78 Å². The number of hydrogen-bond acceptors (Lipinski definition) is 3. The molecule has 0 amide bonds.